The van der Waals surface area contributed by atoms with E-state index in [0.717, 1.165) is 29.6 Å². The molecule has 0 nitrogen and oxygen atoms in total. The summed E-state index contributed by atoms with van der Waals surface area (Å²) in [6.07, 6.45) is 14.8. The maximum Gasteiger partial charge on any atom is -0.0351 e. The zero-order chi connectivity index (χ0) is 15.0. The maximum atomic E-state index is 3.91. The highest BCUT2D eigenvalue weighted by molar-refractivity contribution is 4.83. The molecule has 0 aromatic heterocycles. The third kappa shape index (κ3) is 6.95. The minimum absolute atomic E-state index is 0.860. The third-order valence-corrected chi connectivity index (χ3v) is 5.55. The van der Waals surface area contributed by atoms with Gasteiger partial charge in [-0.2, -0.15) is 0 Å². The molecule has 0 saturated heterocycles. The summed E-state index contributed by atoms with van der Waals surface area (Å²) in [5.41, 5.74) is 0. The van der Waals surface area contributed by atoms with Crippen molar-refractivity contribution < 1.29 is 0 Å². The van der Waals surface area contributed by atoms with Crippen LogP contribution in [0.25, 0.3) is 0 Å². The lowest BCUT2D eigenvalue weighted by Gasteiger charge is -2.23. The van der Waals surface area contributed by atoms with Gasteiger partial charge in [-0.1, -0.05) is 59.5 Å². The van der Waals surface area contributed by atoms with Gasteiger partial charge in [0.1, 0.15) is 0 Å². The number of hydrogen-bond acceptors (Lipinski definition) is 0. The van der Waals surface area contributed by atoms with Crippen LogP contribution in [0.1, 0.15) is 85.5 Å². The van der Waals surface area contributed by atoms with Gasteiger partial charge in [-0.3, -0.25) is 0 Å². The Morgan fingerprint density at radius 1 is 1.10 bits per heavy atom. The summed E-state index contributed by atoms with van der Waals surface area (Å²) in [6, 6.07) is 0. The molecule has 20 heavy (non-hydrogen) atoms. The predicted molar refractivity (Wildman–Crippen MR) is 91.9 cm³/mol. The van der Waals surface area contributed by atoms with E-state index < -0.39 is 0 Å². The summed E-state index contributed by atoms with van der Waals surface area (Å²) in [5.74, 6) is 4.86. The fourth-order valence-corrected chi connectivity index (χ4v) is 3.67. The van der Waals surface area contributed by atoms with Crippen molar-refractivity contribution in [1.82, 2.24) is 0 Å². The second kappa shape index (κ2) is 9.64. The van der Waals surface area contributed by atoms with E-state index in [1.807, 2.05) is 0 Å². The molecule has 0 N–H and O–H groups in total. The average molecular weight is 279 g/mol. The van der Waals surface area contributed by atoms with E-state index in [-0.39, 0.29) is 0 Å². The molecule has 0 radical (unpaired) electrons. The van der Waals surface area contributed by atoms with Crippen molar-refractivity contribution in [2.45, 2.75) is 85.5 Å². The van der Waals surface area contributed by atoms with Crippen LogP contribution in [0.3, 0.4) is 0 Å². The molecule has 1 fully saturated rings. The average Bonchev–Trinajstić information content (AvgIpc) is 3.12. The first-order valence-corrected chi connectivity index (χ1v) is 9.19. The normalized spacial score (nSPS) is 24.6. The summed E-state index contributed by atoms with van der Waals surface area (Å²) in [5, 5.41) is 0. The lowest BCUT2D eigenvalue weighted by atomic mass is 9.82. The molecule has 1 saturated carbocycles. The van der Waals surface area contributed by atoms with Crippen molar-refractivity contribution >= 4 is 0 Å². The summed E-state index contributed by atoms with van der Waals surface area (Å²) in [6.45, 7) is 13.5. The molecule has 4 unspecified atom stereocenters. The molecule has 1 rings (SSSR count). The van der Waals surface area contributed by atoms with Gasteiger partial charge in [0.2, 0.25) is 0 Å². The minimum atomic E-state index is 0.860. The van der Waals surface area contributed by atoms with Crippen LogP contribution in [-0.4, -0.2) is 0 Å². The van der Waals surface area contributed by atoms with E-state index in [2.05, 4.69) is 40.3 Å². The Morgan fingerprint density at radius 3 is 2.30 bits per heavy atom. The lowest BCUT2D eigenvalue weighted by Crippen LogP contribution is -2.11. The van der Waals surface area contributed by atoms with Gasteiger partial charge in [-0.25, -0.2) is 0 Å². The molecule has 0 aromatic rings. The van der Waals surface area contributed by atoms with Gasteiger partial charge < -0.3 is 0 Å². The highest BCUT2D eigenvalue weighted by Crippen LogP contribution is 2.43. The molecule has 0 spiro atoms. The Kier molecular flexibility index (Phi) is 8.57. The van der Waals surface area contributed by atoms with Gasteiger partial charge >= 0.3 is 0 Å². The van der Waals surface area contributed by atoms with Gasteiger partial charge in [0.15, 0.2) is 0 Å². The first-order chi connectivity index (χ1) is 9.58. The summed E-state index contributed by atoms with van der Waals surface area (Å²) >= 11 is 0. The first-order valence-electron chi connectivity index (χ1n) is 9.19. The van der Waals surface area contributed by atoms with Gasteiger partial charge in [-0.15, -0.1) is 6.58 Å². The topological polar surface area (TPSA) is 0 Å². The Morgan fingerprint density at radius 2 is 1.80 bits per heavy atom. The molecule has 0 heterocycles. The zero-order valence-electron chi connectivity index (χ0n) is 14.5. The fourth-order valence-electron chi connectivity index (χ4n) is 3.67. The molecule has 4 atom stereocenters. The molecule has 0 aromatic carbocycles. The van der Waals surface area contributed by atoms with Crippen molar-refractivity contribution in [2.75, 3.05) is 0 Å². The SMILES string of the molecule is C=CCCC(CCC(CCC)C(C)C)CCC1CC1C. The minimum Gasteiger partial charge on any atom is -0.103 e. The quantitative estimate of drug-likeness (QED) is 0.342. The smallest absolute Gasteiger partial charge is 0.0351 e. The molecule has 1 aliphatic carbocycles. The van der Waals surface area contributed by atoms with Crippen LogP contribution in [0, 0.1) is 29.6 Å². The van der Waals surface area contributed by atoms with Crippen molar-refractivity contribution in [3.63, 3.8) is 0 Å². The number of rotatable bonds is 12. The van der Waals surface area contributed by atoms with E-state index >= 15 is 0 Å². The van der Waals surface area contributed by atoms with Gasteiger partial charge in [-0.05, 0) is 61.7 Å². The van der Waals surface area contributed by atoms with E-state index in [9.17, 15) is 0 Å². The van der Waals surface area contributed by atoms with Crippen LogP contribution >= 0.6 is 0 Å². The highest BCUT2D eigenvalue weighted by atomic mass is 14.4. The van der Waals surface area contributed by atoms with Crippen LogP contribution in [-0.2, 0) is 0 Å². The van der Waals surface area contributed by atoms with Crippen LogP contribution in [0.2, 0.25) is 0 Å². The summed E-state index contributed by atoms with van der Waals surface area (Å²) < 4.78 is 0. The molecule has 0 amide bonds. The van der Waals surface area contributed by atoms with Crippen LogP contribution in [0.5, 0.6) is 0 Å². The Bertz CT molecular complexity index is 253. The summed E-state index contributed by atoms with van der Waals surface area (Å²) in [7, 11) is 0. The van der Waals surface area contributed by atoms with E-state index in [0.29, 0.717) is 0 Å². The van der Waals surface area contributed by atoms with Gasteiger partial charge in [0.05, 0.1) is 0 Å². The van der Waals surface area contributed by atoms with Crippen molar-refractivity contribution in [3.8, 4) is 0 Å². The lowest BCUT2D eigenvalue weighted by molar-refractivity contribution is 0.284. The number of hydrogen-bond donors (Lipinski definition) is 0. The van der Waals surface area contributed by atoms with Crippen molar-refractivity contribution in [2.24, 2.45) is 29.6 Å². The molecular weight excluding hydrogens is 240 g/mol. The summed E-state index contributed by atoms with van der Waals surface area (Å²) in [4.78, 5) is 0. The Labute approximate surface area is 128 Å². The van der Waals surface area contributed by atoms with Crippen molar-refractivity contribution in [1.29, 1.82) is 0 Å². The number of allylic oxidation sites excluding steroid dienone is 1. The molecule has 0 bridgehead atoms. The van der Waals surface area contributed by atoms with Crippen LogP contribution in [0.4, 0.5) is 0 Å². The molecular formula is C20H38. The Hall–Kier alpha value is -0.260. The predicted octanol–water partition coefficient (Wildman–Crippen LogP) is 6.86. The third-order valence-electron chi connectivity index (χ3n) is 5.55. The second-order valence-electron chi connectivity index (χ2n) is 7.65. The molecule has 0 heteroatoms. The van der Waals surface area contributed by atoms with Gasteiger partial charge in [0, 0.05) is 0 Å². The van der Waals surface area contributed by atoms with E-state index in [4.69, 9.17) is 0 Å². The molecule has 0 aliphatic heterocycles. The first kappa shape index (κ1) is 17.8. The standard InChI is InChI=1S/C20H38/c1-6-8-10-18(12-14-20-15-17(20)5)11-13-19(9-7-2)16(3)4/h6,16-20H,1,7-15H2,2-5H3. The second-order valence-corrected chi connectivity index (χ2v) is 7.65. The van der Waals surface area contributed by atoms with E-state index in [1.54, 1.807) is 0 Å². The van der Waals surface area contributed by atoms with Crippen molar-refractivity contribution in [3.05, 3.63) is 12.7 Å². The Balaban J connectivity index is 2.31. The monoisotopic (exact) mass is 278 g/mol. The molecule has 118 valence electrons. The zero-order valence-corrected chi connectivity index (χ0v) is 14.5. The van der Waals surface area contributed by atoms with Crippen LogP contribution < -0.4 is 0 Å². The van der Waals surface area contributed by atoms with E-state index in [1.165, 1.54) is 57.8 Å². The fraction of sp³-hybridized carbons (Fsp3) is 0.900. The maximum absolute atomic E-state index is 3.91. The van der Waals surface area contributed by atoms with Gasteiger partial charge in [0.25, 0.3) is 0 Å². The molecule has 1 aliphatic rings. The largest absolute Gasteiger partial charge is 0.103 e. The van der Waals surface area contributed by atoms with Crippen LogP contribution in [0.15, 0.2) is 12.7 Å². The highest BCUT2D eigenvalue weighted by Gasteiger charge is 2.32.